The molecule has 3 heteroatoms. The van der Waals surface area contributed by atoms with Crippen molar-refractivity contribution >= 4 is 10.9 Å². The highest BCUT2D eigenvalue weighted by Crippen LogP contribution is 2.21. The third kappa shape index (κ3) is 2.67. The topological polar surface area (TPSA) is 27.1 Å². The molecular formula is C14H20N2O. The molecule has 3 nitrogen and oxygen atoms in total. The summed E-state index contributed by atoms with van der Waals surface area (Å²) in [6.07, 6.45) is 1.94. The highest BCUT2D eigenvalue weighted by molar-refractivity contribution is 5.79. The maximum Gasteiger partial charge on any atom is 0.0683 e. The second-order valence-electron chi connectivity index (χ2n) is 4.54. The van der Waals surface area contributed by atoms with E-state index in [9.17, 15) is 0 Å². The van der Waals surface area contributed by atoms with Gasteiger partial charge in [-0.25, -0.2) is 0 Å². The fraction of sp³-hybridized carbons (Fsp3) is 0.500. The smallest absolute Gasteiger partial charge is 0.0683 e. The summed E-state index contributed by atoms with van der Waals surface area (Å²) in [5.74, 6) is 0.561. The SMILES string of the molecule is CCOCCn1ncc2cc(C(C)C)ccc21. The van der Waals surface area contributed by atoms with Gasteiger partial charge in [0.15, 0.2) is 0 Å². The van der Waals surface area contributed by atoms with E-state index in [0.717, 1.165) is 19.8 Å². The van der Waals surface area contributed by atoms with Crippen molar-refractivity contribution < 1.29 is 4.74 Å². The van der Waals surface area contributed by atoms with Crippen molar-refractivity contribution in [2.75, 3.05) is 13.2 Å². The van der Waals surface area contributed by atoms with E-state index < -0.39 is 0 Å². The van der Waals surface area contributed by atoms with Crippen molar-refractivity contribution in [2.24, 2.45) is 0 Å². The second-order valence-corrected chi connectivity index (χ2v) is 4.54. The van der Waals surface area contributed by atoms with Crippen LogP contribution in [0.1, 0.15) is 32.3 Å². The summed E-state index contributed by atoms with van der Waals surface area (Å²) in [5.41, 5.74) is 2.55. The van der Waals surface area contributed by atoms with Gasteiger partial charge in [0.2, 0.25) is 0 Å². The number of hydrogen-bond acceptors (Lipinski definition) is 2. The largest absolute Gasteiger partial charge is 0.380 e. The van der Waals surface area contributed by atoms with E-state index >= 15 is 0 Å². The van der Waals surface area contributed by atoms with Crippen LogP contribution in [0, 0.1) is 0 Å². The molecular weight excluding hydrogens is 212 g/mol. The van der Waals surface area contributed by atoms with Gasteiger partial charge in [0.05, 0.1) is 24.9 Å². The third-order valence-corrected chi connectivity index (χ3v) is 2.98. The minimum absolute atomic E-state index is 0.561. The summed E-state index contributed by atoms with van der Waals surface area (Å²) >= 11 is 0. The summed E-state index contributed by atoms with van der Waals surface area (Å²) in [5, 5.41) is 5.62. The maximum absolute atomic E-state index is 5.36. The van der Waals surface area contributed by atoms with E-state index in [2.05, 4.69) is 37.1 Å². The molecule has 0 saturated carbocycles. The molecule has 2 rings (SSSR count). The van der Waals surface area contributed by atoms with Gasteiger partial charge in [0, 0.05) is 12.0 Å². The monoisotopic (exact) mass is 232 g/mol. The van der Waals surface area contributed by atoms with Gasteiger partial charge in [-0.05, 0) is 30.5 Å². The lowest BCUT2D eigenvalue weighted by Gasteiger charge is -2.06. The molecule has 0 aliphatic carbocycles. The first kappa shape index (κ1) is 12.1. The van der Waals surface area contributed by atoms with E-state index in [1.165, 1.54) is 16.5 Å². The van der Waals surface area contributed by atoms with Crippen LogP contribution in [0.5, 0.6) is 0 Å². The summed E-state index contributed by atoms with van der Waals surface area (Å²) < 4.78 is 7.37. The Labute approximate surface area is 102 Å². The van der Waals surface area contributed by atoms with E-state index in [4.69, 9.17) is 4.74 Å². The molecule has 1 aromatic heterocycles. The minimum Gasteiger partial charge on any atom is -0.380 e. The average Bonchev–Trinajstić information content (AvgIpc) is 2.72. The molecule has 0 fully saturated rings. The van der Waals surface area contributed by atoms with Crippen LogP contribution in [0.25, 0.3) is 10.9 Å². The molecule has 0 saturated heterocycles. The van der Waals surface area contributed by atoms with Crippen LogP contribution in [0.4, 0.5) is 0 Å². The number of fused-ring (bicyclic) bond motifs is 1. The summed E-state index contributed by atoms with van der Waals surface area (Å²) in [4.78, 5) is 0. The number of rotatable bonds is 5. The maximum atomic E-state index is 5.36. The van der Waals surface area contributed by atoms with E-state index in [1.807, 2.05) is 17.8 Å². The number of ether oxygens (including phenoxy) is 1. The Morgan fingerprint density at radius 1 is 1.35 bits per heavy atom. The Bertz CT molecular complexity index is 488. The van der Waals surface area contributed by atoms with Gasteiger partial charge >= 0.3 is 0 Å². The first-order chi connectivity index (χ1) is 8.22. The lowest BCUT2D eigenvalue weighted by molar-refractivity contribution is 0.137. The third-order valence-electron chi connectivity index (χ3n) is 2.98. The predicted octanol–water partition coefficient (Wildman–Crippen LogP) is 3.20. The minimum atomic E-state index is 0.561. The number of nitrogens with zero attached hydrogens (tertiary/aromatic N) is 2. The highest BCUT2D eigenvalue weighted by atomic mass is 16.5. The van der Waals surface area contributed by atoms with Crippen LogP contribution in [0.15, 0.2) is 24.4 Å². The van der Waals surface area contributed by atoms with Crippen molar-refractivity contribution in [3.8, 4) is 0 Å². The molecule has 1 heterocycles. The molecule has 92 valence electrons. The zero-order valence-corrected chi connectivity index (χ0v) is 10.8. The lowest BCUT2D eigenvalue weighted by Crippen LogP contribution is -2.06. The van der Waals surface area contributed by atoms with Crippen LogP contribution in [-0.2, 0) is 11.3 Å². The van der Waals surface area contributed by atoms with E-state index in [1.54, 1.807) is 0 Å². The fourth-order valence-electron chi connectivity index (χ4n) is 1.94. The van der Waals surface area contributed by atoms with Crippen molar-refractivity contribution in [3.05, 3.63) is 30.0 Å². The van der Waals surface area contributed by atoms with Crippen molar-refractivity contribution in [1.82, 2.24) is 9.78 Å². The summed E-state index contributed by atoms with van der Waals surface area (Å²) in [7, 11) is 0. The van der Waals surface area contributed by atoms with Gasteiger partial charge in [-0.2, -0.15) is 5.10 Å². The predicted molar refractivity (Wildman–Crippen MR) is 70.3 cm³/mol. The van der Waals surface area contributed by atoms with Gasteiger partial charge in [-0.15, -0.1) is 0 Å². The van der Waals surface area contributed by atoms with Crippen LogP contribution in [0.3, 0.4) is 0 Å². The second kappa shape index (κ2) is 5.32. The van der Waals surface area contributed by atoms with Crippen molar-refractivity contribution in [3.63, 3.8) is 0 Å². The molecule has 0 aliphatic rings. The molecule has 0 aliphatic heterocycles. The van der Waals surface area contributed by atoms with Crippen LogP contribution < -0.4 is 0 Å². The molecule has 0 amide bonds. The standard InChI is InChI=1S/C14H20N2O/c1-4-17-8-7-16-14-6-5-12(11(2)3)9-13(14)10-15-16/h5-6,9-11H,4,7-8H2,1-3H3. The molecule has 0 unspecified atom stereocenters. The highest BCUT2D eigenvalue weighted by Gasteiger charge is 2.05. The van der Waals surface area contributed by atoms with Gasteiger partial charge in [-0.1, -0.05) is 19.9 Å². The number of hydrogen-bond donors (Lipinski definition) is 0. The summed E-state index contributed by atoms with van der Waals surface area (Å²) in [6.45, 7) is 8.73. The molecule has 0 radical (unpaired) electrons. The lowest BCUT2D eigenvalue weighted by atomic mass is 10.0. The van der Waals surface area contributed by atoms with Crippen molar-refractivity contribution in [1.29, 1.82) is 0 Å². The van der Waals surface area contributed by atoms with E-state index in [0.29, 0.717) is 5.92 Å². The zero-order valence-electron chi connectivity index (χ0n) is 10.8. The Balaban J connectivity index is 2.22. The van der Waals surface area contributed by atoms with Gasteiger partial charge < -0.3 is 4.74 Å². The molecule has 0 atom stereocenters. The van der Waals surface area contributed by atoms with Crippen molar-refractivity contribution in [2.45, 2.75) is 33.2 Å². The normalized spacial score (nSPS) is 11.5. The van der Waals surface area contributed by atoms with Gasteiger partial charge in [0.25, 0.3) is 0 Å². The first-order valence-corrected chi connectivity index (χ1v) is 6.25. The Kier molecular flexibility index (Phi) is 3.79. The molecule has 0 N–H and O–H groups in total. The van der Waals surface area contributed by atoms with Gasteiger partial charge in [-0.3, -0.25) is 4.68 Å². The van der Waals surface area contributed by atoms with Gasteiger partial charge in [0.1, 0.15) is 0 Å². The zero-order chi connectivity index (χ0) is 12.3. The number of benzene rings is 1. The number of aromatic nitrogens is 2. The fourth-order valence-corrected chi connectivity index (χ4v) is 1.94. The Morgan fingerprint density at radius 2 is 2.18 bits per heavy atom. The first-order valence-electron chi connectivity index (χ1n) is 6.25. The Morgan fingerprint density at radius 3 is 2.88 bits per heavy atom. The molecule has 17 heavy (non-hydrogen) atoms. The summed E-state index contributed by atoms with van der Waals surface area (Å²) in [6, 6.07) is 6.57. The van der Waals surface area contributed by atoms with Crippen LogP contribution in [0.2, 0.25) is 0 Å². The molecule has 0 bridgehead atoms. The molecule has 2 aromatic rings. The quantitative estimate of drug-likeness (QED) is 0.740. The molecule has 0 spiro atoms. The average molecular weight is 232 g/mol. The van der Waals surface area contributed by atoms with Crippen LogP contribution in [-0.4, -0.2) is 23.0 Å². The Hall–Kier alpha value is -1.35. The molecule has 1 aromatic carbocycles. The van der Waals surface area contributed by atoms with Crippen LogP contribution >= 0.6 is 0 Å². The van der Waals surface area contributed by atoms with E-state index in [-0.39, 0.29) is 0 Å².